The Morgan fingerprint density at radius 1 is 1.36 bits per heavy atom. The van der Waals surface area contributed by atoms with Crippen LogP contribution in [0.4, 0.5) is 0 Å². The predicted molar refractivity (Wildman–Crippen MR) is 54.2 cm³/mol. The van der Waals surface area contributed by atoms with E-state index in [1.54, 1.807) is 11.8 Å². The third-order valence-corrected chi connectivity index (χ3v) is 5.79. The first-order chi connectivity index (χ1) is 5.25. The molecule has 0 bridgehead atoms. The molecule has 0 spiro atoms. The van der Waals surface area contributed by atoms with Gasteiger partial charge in [-0.1, -0.05) is 13.8 Å². The van der Waals surface area contributed by atoms with Crippen LogP contribution in [-0.4, -0.2) is 26.8 Å². The molecule has 1 aliphatic rings. The van der Waals surface area contributed by atoms with Crippen molar-refractivity contribution in [3.05, 3.63) is 0 Å². The molecule has 1 fully saturated rings. The maximum absolute atomic E-state index is 9.76. The van der Waals surface area contributed by atoms with Gasteiger partial charge in [-0.3, -0.25) is 0 Å². The van der Waals surface area contributed by atoms with E-state index in [4.69, 9.17) is 0 Å². The maximum atomic E-state index is 9.76. The Kier molecular flexibility index (Phi) is 3.59. The van der Waals surface area contributed by atoms with Crippen LogP contribution < -0.4 is 0 Å². The summed E-state index contributed by atoms with van der Waals surface area (Å²) in [5.74, 6) is 2.30. The molecule has 1 atom stereocenters. The van der Waals surface area contributed by atoms with Crippen LogP contribution in [-0.2, 0) is 0 Å². The highest BCUT2D eigenvalue weighted by molar-refractivity contribution is 8.07. The molecule has 3 heteroatoms. The zero-order chi connectivity index (χ0) is 8.32. The monoisotopic (exact) mass is 192 g/mol. The highest BCUT2D eigenvalue weighted by Crippen LogP contribution is 2.44. The van der Waals surface area contributed by atoms with Gasteiger partial charge in [-0.15, -0.1) is 11.8 Å². The molecule has 0 aromatic rings. The fourth-order valence-electron chi connectivity index (χ4n) is 1.43. The Morgan fingerprint density at radius 2 is 2.00 bits per heavy atom. The van der Waals surface area contributed by atoms with Gasteiger partial charge in [0.2, 0.25) is 0 Å². The van der Waals surface area contributed by atoms with Crippen LogP contribution >= 0.6 is 23.5 Å². The minimum Gasteiger partial charge on any atom is -0.381 e. The van der Waals surface area contributed by atoms with Gasteiger partial charge >= 0.3 is 0 Å². The molecular weight excluding hydrogens is 176 g/mol. The van der Waals surface area contributed by atoms with Crippen LogP contribution in [0.25, 0.3) is 0 Å². The van der Waals surface area contributed by atoms with Crippen molar-refractivity contribution in [2.45, 2.75) is 36.9 Å². The SMILES string of the molecule is CCC1(CC)SCCSC1O. The number of hydrogen-bond acceptors (Lipinski definition) is 3. The Labute approximate surface area is 77.3 Å². The van der Waals surface area contributed by atoms with E-state index in [-0.39, 0.29) is 10.2 Å². The van der Waals surface area contributed by atoms with Crippen LogP contribution in [0.15, 0.2) is 0 Å². The number of aliphatic hydroxyl groups is 1. The van der Waals surface area contributed by atoms with Gasteiger partial charge in [0.25, 0.3) is 0 Å². The van der Waals surface area contributed by atoms with E-state index in [2.05, 4.69) is 13.8 Å². The first-order valence-corrected chi connectivity index (χ1v) is 6.22. The zero-order valence-electron chi connectivity index (χ0n) is 7.17. The quantitative estimate of drug-likeness (QED) is 0.725. The molecule has 0 aromatic heterocycles. The molecule has 1 N–H and O–H groups in total. The van der Waals surface area contributed by atoms with Gasteiger partial charge in [0, 0.05) is 11.5 Å². The van der Waals surface area contributed by atoms with Gasteiger partial charge in [0.05, 0.1) is 4.75 Å². The molecule has 0 aliphatic carbocycles. The molecule has 1 unspecified atom stereocenters. The number of hydrogen-bond donors (Lipinski definition) is 1. The lowest BCUT2D eigenvalue weighted by atomic mass is 10.0. The summed E-state index contributed by atoms with van der Waals surface area (Å²) < 4.78 is 0.156. The highest BCUT2D eigenvalue weighted by atomic mass is 32.2. The third-order valence-electron chi connectivity index (χ3n) is 2.40. The summed E-state index contributed by atoms with van der Waals surface area (Å²) in [6.07, 6.45) is 2.17. The van der Waals surface area contributed by atoms with Gasteiger partial charge in [0.1, 0.15) is 5.44 Å². The topological polar surface area (TPSA) is 20.2 Å². The molecule has 1 aliphatic heterocycles. The third kappa shape index (κ3) is 1.87. The zero-order valence-corrected chi connectivity index (χ0v) is 8.80. The summed E-state index contributed by atoms with van der Waals surface area (Å²) in [6, 6.07) is 0. The van der Waals surface area contributed by atoms with E-state index in [9.17, 15) is 5.11 Å². The largest absolute Gasteiger partial charge is 0.381 e. The lowest BCUT2D eigenvalue weighted by Crippen LogP contribution is -2.39. The maximum Gasteiger partial charge on any atom is 0.114 e. The second kappa shape index (κ2) is 4.06. The molecule has 0 amide bonds. The molecule has 1 rings (SSSR count). The smallest absolute Gasteiger partial charge is 0.114 e. The first kappa shape index (κ1) is 9.75. The molecule has 11 heavy (non-hydrogen) atoms. The second-order valence-electron chi connectivity index (χ2n) is 2.84. The fourth-order valence-corrected chi connectivity index (χ4v) is 4.38. The van der Waals surface area contributed by atoms with E-state index in [1.807, 2.05) is 11.8 Å². The summed E-state index contributed by atoms with van der Waals surface area (Å²) in [6.45, 7) is 4.34. The number of rotatable bonds is 2. The van der Waals surface area contributed by atoms with Crippen LogP contribution in [0, 0.1) is 0 Å². The van der Waals surface area contributed by atoms with Crippen LogP contribution in [0.5, 0.6) is 0 Å². The van der Waals surface area contributed by atoms with Crippen LogP contribution in [0.3, 0.4) is 0 Å². The molecule has 66 valence electrons. The van der Waals surface area contributed by atoms with Crippen molar-refractivity contribution in [2.75, 3.05) is 11.5 Å². The van der Waals surface area contributed by atoms with Gasteiger partial charge in [-0.25, -0.2) is 0 Å². The summed E-state index contributed by atoms with van der Waals surface area (Å²) in [4.78, 5) is 0. The molecule has 0 aromatic carbocycles. The Hall–Kier alpha value is 0.660. The first-order valence-electron chi connectivity index (χ1n) is 4.19. The van der Waals surface area contributed by atoms with E-state index in [1.165, 1.54) is 5.75 Å². The van der Waals surface area contributed by atoms with E-state index in [0.717, 1.165) is 18.6 Å². The number of aliphatic hydroxyl groups excluding tert-OH is 1. The minimum absolute atomic E-state index is 0.142. The number of thioether (sulfide) groups is 2. The van der Waals surface area contributed by atoms with Crippen molar-refractivity contribution in [3.63, 3.8) is 0 Å². The average Bonchev–Trinajstić information content (AvgIpc) is 2.06. The van der Waals surface area contributed by atoms with Crippen LogP contribution in [0.1, 0.15) is 26.7 Å². The Bertz CT molecular complexity index is 123. The lowest BCUT2D eigenvalue weighted by molar-refractivity contribution is 0.205. The summed E-state index contributed by atoms with van der Waals surface area (Å²) in [5.41, 5.74) is -0.142. The second-order valence-corrected chi connectivity index (χ2v) is 5.54. The predicted octanol–water partition coefficient (Wildman–Crippen LogP) is 2.34. The molecule has 1 saturated heterocycles. The fraction of sp³-hybridized carbons (Fsp3) is 1.00. The molecule has 0 radical (unpaired) electrons. The van der Waals surface area contributed by atoms with Crippen molar-refractivity contribution in [3.8, 4) is 0 Å². The standard InChI is InChI=1S/C8H16OS2/c1-3-8(4-2)7(9)10-5-6-11-8/h7,9H,3-6H2,1-2H3. The molecule has 1 heterocycles. The van der Waals surface area contributed by atoms with Crippen molar-refractivity contribution in [1.29, 1.82) is 0 Å². The van der Waals surface area contributed by atoms with Gasteiger partial charge in [-0.05, 0) is 12.8 Å². The molecule has 1 nitrogen and oxygen atoms in total. The van der Waals surface area contributed by atoms with E-state index < -0.39 is 0 Å². The summed E-state index contributed by atoms with van der Waals surface area (Å²) >= 11 is 3.66. The van der Waals surface area contributed by atoms with Crippen molar-refractivity contribution in [2.24, 2.45) is 0 Å². The normalized spacial score (nSPS) is 30.3. The van der Waals surface area contributed by atoms with Gasteiger partial charge < -0.3 is 5.11 Å². The minimum atomic E-state index is -0.142. The summed E-state index contributed by atoms with van der Waals surface area (Å²) in [5, 5.41) is 9.76. The van der Waals surface area contributed by atoms with Crippen molar-refractivity contribution >= 4 is 23.5 Å². The summed E-state index contributed by atoms with van der Waals surface area (Å²) in [7, 11) is 0. The lowest BCUT2D eigenvalue weighted by Gasteiger charge is -2.38. The molecule has 0 saturated carbocycles. The van der Waals surface area contributed by atoms with Gasteiger partial charge in [0.15, 0.2) is 0 Å². The Balaban J connectivity index is 2.61. The van der Waals surface area contributed by atoms with E-state index >= 15 is 0 Å². The molecular formula is C8H16OS2. The van der Waals surface area contributed by atoms with Gasteiger partial charge in [-0.2, -0.15) is 11.8 Å². The van der Waals surface area contributed by atoms with Crippen LogP contribution in [0.2, 0.25) is 0 Å². The van der Waals surface area contributed by atoms with E-state index in [0.29, 0.717) is 0 Å². The Morgan fingerprint density at radius 3 is 2.36 bits per heavy atom. The van der Waals surface area contributed by atoms with Crippen molar-refractivity contribution in [1.82, 2.24) is 0 Å². The average molecular weight is 192 g/mol. The highest BCUT2D eigenvalue weighted by Gasteiger charge is 2.37. The van der Waals surface area contributed by atoms with Crippen molar-refractivity contribution < 1.29 is 5.11 Å².